The average Bonchev–Trinajstić information content (AvgIpc) is 3.71. The van der Waals surface area contributed by atoms with Crippen LogP contribution >= 0.6 is 0 Å². The van der Waals surface area contributed by atoms with Gasteiger partial charge >= 0.3 is 0 Å². The average molecular weight is 933 g/mol. The molecule has 0 spiro atoms. The number of benzene rings is 8. The van der Waals surface area contributed by atoms with E-state index < -0.39 is 0 Å². The Morgan fingerprint density at radius 2 is 0.394 bits per heavy atom. The molecule has 1 fully saturated rings. The lowest BCUT2D eigenvalue weighted by Gasteiger charge is -2.32. The molecule has 8 aromatic carbocycles. The fourth-order valence-electron chi connectivity index (χ4n) is 13.6. The van der Waals surface area contributed by atoms with Gasteiger partial charge in [-0.25, -0.2) is 0 Å². The number of rotatable bonds is 8. The zero-order valence-electron chi connectivity index (χ0n) is 46.3. The van der Waals surface area contributed by atoms with Gasteiger partial charge in [-0.3, -0.25) is 0 Å². The van der Waals surface area contributed by atoms with Crippen molar-refractivity contribution in [2.45, 2.75) is 125 Å². The number of aryl methyl sites for hydroxylation is 18. The van der Waals surface area contributed by atoms with Gasteiger partial charge in [-0.2, -0.15) is 0 Å². The minimum Gasteiger partial charge on any atom is -0.351 e. The summed E-state index contributed by atoms with van der Waals surface area (Å²) in [4.78, 5) is 5.47. The lowest BCUT2D eigenvalue weighted by atomic mass is 9.83. The Hall–Kier alpha value is -6.64. The molecule has 1 aliphatic heterocycles. The Morgan fingerprint density at radius 3 is 0.577 bits per heavy atom. The highest BCUT2D eigenvalue weighted by Gasteiger charge is 2.33. The van der Waals surface area contributed by atoms with Gasteiger partial charge in [0, 0.05) is 35.3 Å². The monoisotopic (exact) mass is 933 g/mol. The van der Waals surface area contributed by atoms with Crippen molar-refractivity contribution in [3.05, 3.63) is 197 Å². The molecule has 8 aromatic rings. The van der Waals surface area contributed by atoms with Crippen LogP contribution in [0.3, 0.4) is 0 Å². The van der Waals surface area contributed by atoms with Crippen molar-refractivity contribution in [2.24, 2.45) is 0 Å². The van der Waals surface area contributed by atoms with Gasteiger partial charge in [-0.05, 0) is 260 Å². The number of hydrogen-bond donors (Lipinski definition) is 0. The largest absolute Gasteiger partial charge is 0.351 e. The van der Waals surface area contributed by atoms with Crippen LogP contribution in [-0.2, 0) is 0 Å². The van der Waals surface area contributed by atoms with E-state index in [9.17, 15) is 0 Å². The van der Waals surface area contributed by atoms with Crippen molar-refractivity contribution in [3.8, 4) is 66.8 Å². The molecule has 1 aliphatic rings. The standard InChI is InChI=1S/C69H76N2/c1-38-21-44(7)62(45(8)22-38)56-33-58(64-48(11)25-40(3)26-49(64)12)68(59(34-56)65-50(13)27-41(4)28-51(65)14)70-19-20-71(37-70)69-60(66-52(15)29-42(5)30-53(66)16)35-57(63-46(9)23-39(2)24-47(63)10)36-61(69)67-54(17)31-43(6)32-55(67)18/h21-36H,19-20,37H2,1-18H3. The van der Waals surface area contributed by atoms with Crippen molar-refractivity contribution in [3.63, 3.8) is 0 Å². The zero-order valence-corrected chi connectivity index (χ0v) is 46.3. The molecule has 0 unspecified atom stereocenters. The first-order chi connectivity index (χ1) is 33.6. The summed E-state index contributed by atoms with van der Waals surface area (Å²) in [6.07, 6.45) is 0. The van der Waals surface area contributed by atoms with Gasteiger partial charge in [0.05, 0.1) is 18.0 Å². The summed E-state index contributed by atoms with van der Waals surface area (Å²) in [5, 5.41) is 0. The van der Waals surface area contributed by atoms with Crippen LogP contribution < -0.4 is 9.80 Å². The van der Waals surface area contributed by atoms with Gasteiger partial charge in [0.15, 0.2) is 0 Å². The van der Waals surface area contributed by atoms with Crippen LogP contribution in [0.4, 0.5) is 11.4 Å². The van der Waals surface area contributed by atoms with Gasteiger partial charge in [0.1, 0.15) is 0 Å². The first kappa shape index (κ1) is 49.3. The third kappa shape index (κ3) is 9.05. The Bertz CT molecular complexity index is 2960. The fourth-order valence-corrected chi connectivity index (χ4v) is 13.6. The van der Waals surface area contributed by atoms with E-state index in [0.717, 1.165) is 19.8 Å². The highest BCUT2D eigenvalue weighted by Crippen LogP contribution is 2.52. The van der Waals surface area contributed by atoms with E-state index in [4.69, 9.17) is 0 Å². The quantitative estimate of drug-likeness (QED) is 0.150. The lowest BCUT2D eigenvalue weighted by Crippen LogP contribution is -2.27. The van der Waals surface area contributed by atoms with Crippen LogP contribution in [0, 0.1) is 125 Å². The van der Waals surface area contributed by atoms with Crippen molar-refractivity contribution in [2.75, 3.05) is 29.6 Å². The number of nitrogens with zero attached hydrogens (tertiary/aromatic N) is 2. The summed E-state index contributed by atoms with van der Waals surface area (Å²) in [6.45, 7) is 43.6. The van der Waals surface area contributed by atoms with Gasteiger partial charge in [-0.1, -0.05) is 106 Å². The summed E-state index contributed by atoms with van der Waals surface area (Å²) in [5.41, 5.74) is 42.0. The summed E-state index contributed by atoms with van der Waals surface area (Å²) < 4.78 is 0. The molecule has 2 nitrogen and oxygen atoms in total. The summed E-state index contributed by atoms with van der Waals surface area (Å²) >= 11 is 0. The molecule has 0 N–H and O–H groups in total. The van der Waals surface area contributed by atoms with E-state index in [-0.39, 0.29) is 0 Å². The molecule has 0 aliphatic carbocycles. The second kappa shape index (κ2) is 18.8. The second-order valence-electron chi connectivity index (χ2n) is 22.2. The minimum atomic E-state index is 0.742. The lowest BCUT2D eigenvalue weighted by molar-refractivity contribution is 0.951. The minimum absolute atomic E-state index is 0.742. The van der Waals surface area contributed by atoms with E-state index in [1.807, 2.05) is 0 Å². The maximum atomic E-state index is 2.74. The molecule has 0 aromatic heterocycles. The normalized spacial score (nSPS) is 12.7. The van der Waals surface area contributed by atoms with Crippen LogP contribution in [0.15, 0.2) is 97.1 Å². The molecular formula is C69H76N2. The molecule has 362 valence electrons. The summed E-state index contributed by atoms with van der Waals surface area (Å²) in [7, 11) is 0. The molecule has 1 saturated heterocycles. The first-order valence-corrected chi connectivity index (χ1v) is 25.9. The smallest absolute Gasteiger partial charge is 0.0905 e. The Morgan fingerprint density at radius 1 is 0.225 bits per heavy atom. The van der Waals surface area contributed by atoms with E-state index in [0.29, 0.717) is 0 Å². The van der Waals surface area contributed by atoms with E-state index in [1.165, 1.54) is 178 Å². The predicted molar refractivity (Wildman–Crippen MR) is 310 cm³/mol. The Labute approximate surface area is 427 Å². The number of anilines is 2. The molecule has 0 amide bonds. The molecule has 71 heavy (non-hydrogen) atoms. The molecule has 0 bridgehead atoms. The van der Waals surface area contributed by atoms with Crippen LogP contribution in [0.1, 0.15) is 100 Å². The fraction of sp³-hybridized carbons (Fsp3) is 0.304. The van der Waals surface area contributed by atoms with Crippen LogP contribution in [0.5, 0.6) is 0 Å². The van der Waals surface area contributed by atoms with Gasteiger partial charge in [0.2, 0.25) is 0 Å². The topological polar surface area (TPSA) is 6.48 Å². The predicted octanol–water partition coefficient (Wildman–Crippen LogP) is 18.5. The Balaban J connectivity index is 1.38. The van der Waals surface area contributed by atoms with Crippen molar-refractivity contribution >= 4 is 11.4 Å². The van der Waals surface area contributed by atoms with Crippen LogP contribution in [0.2, 0.25) is 0 Å². The third-order valence-electron chi connectivity index (χ3n) is 15.6. The van der Waals surface area contributed by atoms with E-state index in [1.54, 1.807) is 0 Å². The first-order valence-electron chi connectivity index (χ1n) is 25.9. The van der Waals surface area contributed by atoms with Crippen molar-refractivity contribution < 1.29 is 0 Å². The van der Waals surface area contributed by atoms with Gasteiger partial charge in [-0.15, -0.1) is 0 Å². The van der Waals surface area contributed by atoms with Crippen LogP contribution in [0.25, 0.3) is 66.8 Å². The highest BCUT2D eigenvalue weighted by molar-refractivity contribution is 6.01. The van der Waals surface area contributed by atoms with Gasteiger partial charge < -0.3 is 9.80 Å². The molecule has 9 rings (SSSR count). The highest BCUT2D eigenvalue weighted by atomic mass is 15.4. The third-order valence-corrected chi connectivity index (χ3v) is 15.6. The van der Waals surface area contributed by atoms with Gasteiger partial charge in [0.25, 0.3) is 0 Å². The van der Waals surface area contributed by atoms with Crippen molar-refractivity contribution in [1.82, 2.24) is 0 Å². The summed E-state index contributed by atoms with van der Waals surface area (Å²) in [6, 6.07) is 38.7. The maximum absolute atomic E-state index is 2.74. The second-order valence-corrected chi connectivity index (χ2v) is 22.2. The molecule has 0 radical (unpaired) electrons. The zero-order chi connectivity index (χ0) is 51.1. The number of hydrogen-bond acceptors (Lipinski definition) is 2. The Kier molecular flexibility index (Phi) is 13.1. The molecular weight excluding hydrogens is 857 g/mol. The molecule has 1 heterocycles. The molecule has 0 atom stereocenters. The molecule has 2 heteroatoms. The van der Waals surface area contributed by atoms with E-state index in [2.05, 4.69) is 231 Å². The SMILES string of the molecule is Cc1cc(C)c(-c2cc(-c3c(C)cc(C)cc3C)c(N3CCN(c4c(-c5c(C)cc(C)cc5C)cc(-c5c(C)cc(C)cc5C)cc4-c4c(C)cc(C)cc4C)C3)c(-c3c(C)cc(C)cc3C)c2)c(C)c1. The molecule has 0 saturated carbocycles. The van der Waals surface area contributed by atoms with Crippen LogP contribution in [-0.4, -0.2) is 19.8 Å². The summed E-state index contributed by atoms with van der Waals surface area (Å²) in [5.74, 6) is 0. The van der Waals surface area contributed by atoms with E-state index >= 15 is 0 Å². The van der Waals surface area contributed by atoms with Crippen molar-refractivity contribution in [1.29, 1.82) is 0 Å². The maximum Gasteiger partial charge on any atom is 0.0905 e.